The van der Waals surface area contributed by atoms with E-state index < -0.39 is 12.3 Å². The summed E-state index contributed by atoms with van der Waals surface area (Å²) in [5, 5.41) is 17.4. The molecule has 0 spiro atoms. The molecular formula is C12H22O4. The SMILES string of the molecule is CC(C)[C@H]1CC[C@@H](C)C[C@H]1OC(=O)C(O)O. The second-order valence-corrected chi connectivity index (χ2v) is 5.18. The van der Waals surface area contributed by atoms with Crippen LogP contribution in [0.25, 0.3) is 0 Å². The monoisotopic (exact) mass is 230 g/mol. The van der Waals surface area contributed by atoms with Gasteiger partial charge in [0, 0.05) is 0 Å². The average molecular weight is 230 g/mol. The van der Waals surface area contributed by atoms with Crippen molar-refractivity contribution < 1.29 is 19.7 Å². The minimum atomic E-state index is -2.01. The number of aliphatic hydroxyl groups is 2. The van der Waals surface area contributed by atoms with E-state index in [1.54, 1.807) is 0 Å². The van der Waals surface area contributed by atoms with Crippen LogP contribution in [0.2, 0.25) is 0 Å². The molecule has 0 unspecified atom stereocenters. The summed E-state index contributed by atoms with van der Waals surface area (Å²) in [6.45, 7) is 6.35. The molecule has 4 heteroatoms. The molecule has 1 rings (SSSR count). The van der Waals surface area contributed by atoms with Crippen LogP contribution in [-0.4, -0.2) is 28.6 Å². The summed E-state index contributed by atoms with van der Waals surface area (Å²) in [6.07, 6.45) is 0.834. The van der Waals surface area contributed by atoms with Gasteiger partial charge in [-0.05, 0) is 30.6 Å². The number of hydrogen-bond acceptors (Lipinski definition) is 4. The van der Waals surface area contributed by atoms with E-state index in [4.69, 9.17) is 14.9 Å². The molecule has 0 bridgehead atoms. The van der Waals surface area contributed by atoms with E-state index in [1.165, 1.54) is 0 Å². The molecule has 0 aromatic rings. The molecule has 0 saturated heterocycles. The number of hydrogen-bond donors (Lipinski definition) is 2. The van der Waals surface area contributed by atoms with Crippen molar-refractivity contribution >= 4 is 5.97 Å². The molecule has 1 saturated carbocycles. The standard InChI is InChI=1S/C12H22O4/c1-7(2)9-5-4-8(3)6-10(9)16-12(15)11(13)14/h7-11,13-14H,4-6H2,1-3H3/t8-,9-,10-/m1/s1. The van der Waals surface area contributed by atoms with Crippen molar-refractivity contribution in [3.8, 4) is 0 Å². The first kappa shape index (κ1) is 13.5. The Hall–Kier alpha value is -0.610. The van der Waals surface area contributed by atoms with Gasteiger partial charge in [0.25, 0.3) is 6.29 Å². The molecule has 0 aromatic heterocycles. The van der Waals surface area contributed by atoms with Crippen molar-refractivity contribution in [1.82, 2.24) is 0 Å². The van der Waals surface area contributed by atoms with Gasteiger partial charge in [-0.3, -0.25) is 0 Å². The molecule has 0 heterocycles. The lowest BCUT2D eigenvalue weighted by molar-refractivity contribution is -0.184. The lowest BCUT2D eigenvalue weighted by Gasteiger charge is -2.36. The van der Waals surface area contributed by atoms with Crippen LogP contribution in [0.4, 0.5) is 0 Å². The van der Waals surface area contributed by atoms with Crippen LogP contribution in [0.5, 0.6) is 0 Å². The highest BCUT2D eigenvalue weighted by Gasteiger charge is 2.34. The van der Waals surface area contributed by atoms with Gasteiger partial charge in [0.05, 0.1) is 0 Å². The first-order valence-corrected chi connectivity index (χ1v) is 5.98. The molecule has 0 radical (unpaired) electrons. The van der Waals surface area contributed by atoms with E-state index in [-0.39, 0.29) is 6.10 Å². The van der Waals surface area contributed by atoms with Crippen LogP contribution in [0.1, 0.15) is 40.0 Å². The molecule has 0 amide bonds. The summed E-state index contributed by atoms with van der Waals surface area (Å²) >= 11 is 0. The van der Waals surface area contributed by atoms with Gasteiger partial charge in [-0.25, -0.2) is 4.79 Å². The molecule has 1 fully saturated rings. The molecule has 94 valence electrons. The summed E-state index contributed by atoms with van der Waals surface area (Å²) in [4.78, 5) is 11.2. The smallest absolute Gasteiger partial charge is 0.363 e. The molecule has 4 nitrogen and oxygen atoms in total. The number of rotatable bonds is 3. The van der Waals surface area contributed by atoms with E-state index in [2.05, 4.69) is 20.8 Å². The van der Waals surface area contributed by atoms with Gasteiger partial charge in [0.2, 0.25) is 0 Å². The minimum absolute atomic E-state index is 0.168. The fourth-order valence-electron chi connectivity index (χ4n) is 2.46. The Balaban J connectivity index is 2.61. The number of carbonyl (C=O) groups is 1. The maximum atomic E-state index is 11.2. The summed E-state index contributed by atoms with van der Waals surface area (Å²) in [5.41, 5.74) is 0. The topological polar surface area (TPSA) is 66.8 Å². The van der Waals surface area contributed by atoms with E-state index in [0.717, 1.165) is 19.3 Å². The predicted octanol–water partition coefficient (Wildman–Crippen LogP) is 1.30. The number of esters is 1. The predicted molar refractivity (Wildman–Crippen MR) is 59.4 cm³/mol. The van der Waals surface area contributed by atoms with Crippen LogP contribution >= 0.6 is 0 Å². The lowest BCUT2D eigenvalue weighted by Crippen LogP contribution is -2.38. The molecule has 1 aliphatic rings. The number of ether oxygens (including phenoxy) is 1. The first-order chi connectivity index (χ1) is 7.41. The summed E-state index contributed by atoms with van der Waals surface area (Å²) in [7, 11) is 0. The third-order valence-electron chi connectivity index (χ3n) is 3.44. The highest BCUT2D eigenvalue weighted by atomic mass is 16.6. The molecule has 2 N–H and O–H groups in total. The normalized spacial score (nSPS) is 30.8. The lowest BCUT2D eigenvalue weighted by atomic mass is 9.75. The number of aliphatic hydroxyl groups excluding tert-OH is 1. The number of carbonyl (C=O) groups excluding carboxylic acids is 1. The van der Waals surface area contributed by atoms with E-state index in [9.17, 15) is 4.79 Å². The Morgan fingerprint density at radius 3 is 2.44 bits per heavy atom. The van der Waals surface area contributed by atoms with Gasteiger partial charge in [-0.15, -0.1) is 0 Å². The zero-order valence-electron chi connectivity index (χ0n) is 10.2. The Labute approximate surface area is 96.6 Å². The Morgan fingerprint density at radius 2 is 1.94 bits per heavy atom. The van der Waals surface area contributed by atoms with E-state index in [1.807, 2.05) is 0 Å². The van der Waals surface area contributed by atoms with Crippen molar-refractivity contribution in [3.05, 3.63) is 0 Å². The highest BCUT2D eigenvalue weighted by Crippen LogP contribution is 2.35. The second kappa shape index (κ2) is 5.64. The van der Waals surface area contributed by atoms with Crippen molar-refractivity contribution in [1.29, 1.82) is 0 Å². The van der Waals surface area contributed by atoms with Gasteiger partial charge in [-0.1, -0.05) is 27.2 Å². The molecule has 16 heavy (non-hydrogen) atoms. The molecule has 1 aliphatic carbocycles. The molecule has 0 aromatic carbocycles. The Kier molecular flexibility index (Phi) is 4.74. The van der Waals surface area contributed by atoms with Gasteiger partial charge in [0.1, 0.15) is 6.10 Å². The zero-order valence-corrected chi connectivity index (χ0v) is 10.2. The second-order valence-electron chi connectivity index (χ2n) is 5.18. The fraction of sp³-hybridized carbons (Fsp3) is 0.917. The van der Waals surface area contributed by atoms with Crippen LogP contribution in [-0.2, 0) is 9.53 Å². The van der Waals surface area contributed by atoms with Gasteiger partial charge < -0.3 is 14.9 Å². The molecule has 3 atom stereocenters. The van der Waals surface area contributed by atoms with E-state index in [0.29, 0.717) is 17.8 Å². The zero-order chi connectivity index (χ0) is 12.3. The Bertz CT molecular complexity index is 237. The van der Waals surface area contributed by atoms with Crippen LogP contribution in [0.3, 0.4) is 0 Å². The van der Waals surface area contributed by atoms with Crippen molar-refractivity contribution in [2.24, 2.45) is 17.8 Å². The molecular weight excluding hydrogens is 208 g/mol. The summed E-state index contributed by atoms with van der Waals surface area (Å²) < 4.78 is 5.16. The van der Waals surface area contributed by atoms with Gasteiger partial charge in [0.15, 0.2) is 0 Å². The maximum absolute atomic E-state index is 11.2. The van der Waals surface area contributed by atoms with Crippen LogP contribution in [0, 0.1) is 17.8 Å². The average Bonchev–Trinajstić information content (AvgIpc) is 2.16. The van der Waals surface area contributed by atoms with Crippen molar-refractivity contribution in [2.45, 2.75) is 52.4 Å². The maximum Gasteiger partial charge on any atom is 0.363 e. The Morgan fingerprint density at radius 1 is 1.31 bits per heavy atom. The first-order valence-electron chi connectivity index (χ1n) is 5.98. The van der Waals surface area contributed by atoms with Gasteiger partial charge >= 0.3 is 5.97 Å². The van der Waals surface area contributed by atoms with Crippen LogP contribution in [0.15, 0.2) is 0 Å². The van der Waals surface area contributed by atoms with E-state index >= 15 is 0 Å². The third-order valence-corrected chi connectivity index (χ3v) is 3.44. The van der Waals surface area contributed by atoms with Crippen molar-refractivity contribution in [2.75, 3.05) is 0 Å². The molecule has 0 aliphatic heterocycles. The van der Waals surface area contributed by atoms with Crippen molar-refractivity contribution in [3.63, 3.8) is 0 Å². The fourth-order valence-corrected chi connectivity index (χ4v) is 2.46. The largest absolute Gasteiger partial charge is 0.458 e. The summed E-state index contributed by atoms with van der Waals surface area (Å²) in [5.74, 6) is 0.383. The van der Waals surface area contributed by atoms with Crippen LogP contribution < -0.4 is 0 Å². The minimum Gasteiger partial charge on any atom is -0.458 e. The van der Waals surface area contributed by atoms with Gasteiger partial charge in [-0.2, -0.15) is 0 Å². The quantitative estimate of drug-likeness (QED) is 0.566. The highest BCUT2D eigenvalue weighted by molar-refractivity contribution is 5.72. The summed E-state index contributed by atoms with van der Waals surface area (Å²) in [6, 6.07) is 0. The third kappa shape index (κ3) is 3.46.